The van der Waals surface area contributed by atoms with E-state index in [0.717, 1.165) is 79.2 Å². The first-order chi connectivity index (χ1) is 45.9. The number of hydrogen-bond acceptors (Lipinski definition) is 8. The van der Waals surface area contributed by atoms with E-state index in [1.54, 1.807) is 12.1 Å². The monoisotopic (exact) mass is 1420 g/mol. The Morgan fingerprint density at radius 1 is 0.268 bits per heavy atom. The van der Waals surface area contributed by atoms with E-state index in [1.807, 2.05) is 73.6 Å². The van der Waals surface area contributed by atoms with E-state index >= 15 is 0 Å². The van der Waals surface area contributed by atoms with E-state index in [9.17, 15) is 51.9 Å². The van der Waals surface area contributed by atoms with Crippen molar-refractivity contribution in [2.75, 3.05) is 0 Å². The van der Waals surface area contributed by atoms with Crippen LogP contribution in [0.2, 0.25) is 0 Å². The number of rotatable bonds is 16. The van der Waals surface area contributed by atoms with Crippen LogP contribution in [0.4, 0.5) is 0 Å². The Balaban J connectivity index is 0.000000173. The van der Waals surface area contributed by atoms with Gasteiger partial charge in [-0.2, -0.15) is 33.7 Å². The molecule has 0 bridgehead atoms. The van der Waals surface area contributed by atoms with Crippen molar-refractivity contribution in [3.05, 3.63) is 115 Å². The number of benzene rings is 4. The van der Waals surface area contributed by atoms with Crippen molar-refractivity contribution >= 4 is 40.5 Å². The van der Waals surface area contributed by atoms with Gasteiger partial charge in [0.15, 0.2) is 0 Å². The molecule has 12 nitrogen and oxygen atoms in total. The summed E-state index contributed by atoms with van der Waals surface area (Å²) < 4.78 is 138. The van der Waals surface area contributed by atoms with E-state index in [0.29, 0.717) is 67.6 Å². The van der Waals surface area contributed by atoms with Crippen molar-refractivity contribution < 1.29 is 51.9 Å². The molecule has 4 N–H and O–H groups in total. The zero-order valence-corrected chi connectivity index (χ0v) is 64.2. The van der Waals surface area contributed by atoms with Crippen LogP contribution >= 0.6 is 0 Å². The molecule has 0 aliphatic heterocycles. The molecule has 0 atom stereocenters. The molecule has 7 fully saturated rings. The summed E-state index contributed by atoms with van der Waals surface area (Å²) in [5, 5.41) is 0. The first-order valence-corrected chi connectivity index (χ1v) is 44.2. The van der Waals surface area contributed by atoms with Crippen LogP contribution in [0.25, 0.3) is 0 Å². The lowest BCUT2D eigenvalue weighted by Gasteiger charge is -2.37. The highest BCUT2D eigenvalue weighted by Gasteiger charge is 2.39. The van der Waals surface area contributed by atoms with Crippen molar-refractivity contribution in [1.29, 1.82) is 0 Å². The van der Waals surface area contributed by atoms with E-state index in [-0.39, 0.29) is 45.3 Å². The smallest absolute Gasteiger partial charge is 0.282 e. The zero-order valence-electron chi connectivity index (χ0n) is 61.0. The van der Waals surface area contributed by atoms with E-state index in [2.05, 4.69) is 32.0 Å². The third-order valence-electron chi connectivity index (χ3n) is 23.3. The lowest BCUT2D eigenvalue weighted by molar-refractivity contribution is 0.393. The molecule has 7 aliphatic rings. The Morgan fingerprint density at radius 2 is 0.515 bits per heavy atom. The molecule has 0 unspecified atom stereocenters. The molecule has 0 saturated heterocycles. The van der Waals surface area contributed by atoms with Crippen LogP contribution in [0.3, 0.4) is 0 Å². The van der Waals surface area contributed by atoms with Crippen molar-refractivity contribution in [3.8, 4) is 0 Å². The fourth-order valence-corrected chi connectivity index (χ4v) is 22.8. The summed E-state index contributed by atoms with van der Waals surface area (Å²) in [6.07, 6.45) is 41.6. The standard InChI is InChI=1S/C30H46O3S.C24H36O3S.C15H24O3S.C12H18O3S/c31-34(32,33)30-28(24-17-9-3-10-18-24)26(22-13-5-1-6-14-22)21-27(23-15-7-2-8-16-23)29(30)25-19-11-4-12-20-25;25-28(26,27)24-22(19-12-6-2-7-13-19)16-21(18-10-4-1-5-11-18)17-23(24)20-14-8-3-9-15-20;1-9(2)12-7-13(10(3)4)15(19(16,17)18)14(8-12)11(5)6;1-8(2)10-6-5-7-11(9(3)4)12(10)16(13,14)15/h21-25H,1-20H2,(H,31,32,33);16-20H,1-15H2,(H,25,26,27);7-11H,1-6H3,(H,16,17,18);5-9H,1-4H3,(H,13,14,15). The maximum Gasteiger partial charge on any atom is 0.295 e. The van der Waals surface area contributed by atoms with Crippen LogP contribution in [-0.2, 0) is 40.5 Å². The van der Waals surface area contributed by atoms with Crippen LogP contribution in [0, 0.1) is 0 Å². The Kier molecular flexibility index (Phi) is 29.1. The molecule has 544 valence electrons. The van der Waals surface area contributed by atoms with E-state index in [1.165, 1.54) is 190 Å². The maximum absolute atomic E-state index is 13.4. The minimum absolute atomic E-state index is 0.0492. The zero-order chi connectivity index (χ0) is 70.6. The summed E-state index contributed by atoms with van der Waals surface area (Å²) >= 11 is 0. The largest absolute Gasteiger partial charge is 0.295 e. The summed E-state index contributed by atoms with van der Waals surface area (Å²) in [4.78, 5) is 0.891. The molecule has 16 heteroatoms. The maximum atomic E-state index is 13.4. The summed E-state index contributed by atoms with van der Waals surface area (Å²) in [7, 11) is -16.8. The Bertz CT molecular complexity index is 3520. The topological polar surface area (TPSA) is 217 Å². The van der Waals surface area contributed by atoms with Crippen molar-refractivity contribution in [2.45, 2.75) is 385 Å². The van der Waals surface area contributed by atoms with Gasteiger partial charge in [0.05, 0.1) is 0 Å². The van der Waals surface area contributed by atoms with E-state index in [4.69, 9.17) is 0 Å². The van der Waals surface area contributed by atoms with Crippen molar-refractivity contribution in [2.24, 2.45) is 0 Å². The van der Waals surface area contributed by atoms with Crippen LogP contribution in [0.15, 0.2) is 68.1 Å². The lowest BCUT2D eigenvalue weighted by atomic mass is 9.70. The normalized spacial score (nSPS) is 20.2. The molecule has 4 aromatic rings. The molecule has 97 heavy (non-hydrogen) atoms. The van der Waals surface area contributed by atoms with Crippen molar-refractivity contribution in [1.82, 2.24) is 0 Å². The van der Waals surface area contributed by atoms with Crippen LogP contribution < -0.4 is 0 Å². The number of hydrogen-bond donors (Lipinski definition) is 4. The predicted molar refractivity (Wildman–Crippen MR) is 396 cm³/mol. The lowest BCUT2D eigenvalue weighted by Crippen LogP contribution is -2.23. The van der Waals surface area contributed by atoms with Gasteiger partial charge in [0.1, 0.15) is 19.6 Å². The molecular weight excluding hydrogens is 1290 g/mol. The van der Waals surface area contributed by atoms with Gasteiger partial charge in [0.25, 0.3) is 40.5 Å². The fourth-order valence-electron chi connectivity index (χ4n) is 18.2. The third kappa shape index (κ3) is 20.9. The molecule has 0 radical (unpaired) electrons. The third-order valence-corrected chi connectivity index (χ3v) is 27.2. The first kappa shape index (κ1) is 79.2. The van der Waals surface area contributed by atoms with E-state index < -0.39 is 40.5 Å². The average Bonchev–Trinajstić information content (AvgIpc) is 0.738. The summed E-state index contributed by atoms with van der Waals surface area (Å²) in [6.45, 7) is 19.6. The van der Waals surface area contributed by atoms with Gasteiger partial charge in [-0.25, -0.2) is 0 Å². The molecular formula is C81H124O12S4. The molecule has 0 spiro atoms. The highest BCUT2D eigenvalue weighted by Crippen LogP contribution is 2.53. The molecule has 7 aliphatic carbocycles. The molecule has 7 saturated carbocycles. The highest BCUT2D eigenvalue weighted by molar-refractivity contribution is 7.86. The average molecular weight is 1420 g/mol. The van der Waals surface area contributed by atoms with Gasteiger partial charge in [-0.15, -0.1) is 0 Å². The molecule has 11 rings (SSSR count). The van der Waals surface area contributed by atoms with Gasteiger partial charge < -0.3 is 0 Å². The SMILES string of the molecule is CC(C)c1cc(C(C)C)c(S(=O)(=O)O)c(C(C)C)c1.CC(C)c1cccc(C(C)C)c1S(=O)(=O)O.O=S(=O)(O)c1c(C2CCCCC2)c(C2CCCCC2)cc(C2CCCCC2)c1C1CCCCC1.O=S(=O)(O)c1c(C2CCCCC2)cc(C2CCCCC2)cc1C1CCCCC1. The quantitative estimate of drug-likeness (QED) is 0.0771. The Labute approximate surface area is 588 Å². The van der Waals surface area contributed by atoms with Crippen LogP contribution in [0.1, 0.15) is 432 Å². The second-order valence-corrected chi connectivity index (χ2v) is 37.5. The van der Waals surface area contributed by atoms with Gasteiger partial charge in [-0.1, -0.05) is 253 Å². The Morgan fingerprint density at radius 3 is 0.773 bits per heavy atom. The minimum Gasteiger partial charge on any atom is -0.282 e. The molecule has 0 heterocycles. The van der Waals surface area contributed by atoms with Gasteiger partial charge in [-0.05, 0) is 228 Å². The fraction of sp³-hybridized carbons (Fsp3) is 0.704. The summed E-state index contributed by atoms with van der Waals surface area (Å²) in [6, 6.07) is 16.1. The second-order valence-electron chi connectivity index (χ2n) is 32.1. The van der Waals surface area contributed by atoms with Gasteiger partial charge >= 0.3 is 0 Å². The minimum atomic E-state index is -4.29. The molecule has 0 amide bonds. The van der Waals surface area contributed by atoms with Crippen molar-refractivity contribution in [3.63, 3.8) is 0 Å². The summed E-state index contributed by atoms with van der Waals surface area (Å²) in [5.74, 6) is 3.22. The van der Waals surface area contributed by atoms with Crippen LogP contribution in [-0.4, -0.2) is 51.9 Å². The molecule has 4 aromatic carbocycles. The highest BCUT2D eigenvalue weighted by atomic mass is 32.2. The van der Waals surface area contributed by atoms with Gasteiger partial charge in [-0.3, -0.25) is 18.2 Å². The predicted octanol–water partition coefficient (Wildman–Crippen LogP) is 23.7. The van der Waals surface area contributed by atoms with Crippen LogP contribution in [0.5, 0.6) is 0 Å². The summed E-state index contributed by atoms with van der Waals surface area (Å²) in [5.41, 5.74) is 11.9. The Hall–Kier alpha value is -3.48. The first-order valence-electron chi connectivity index (χ1n) is 38.5. The van der Waals surface area contributed by atoms with Gasteiger partial charge in [0, 0.05) is 0 Å². The molecule has 0 aromatic heterocycles. The second kappa shape index (κ2) is 35.6. The van der Waals surface area contributed by atoms with Gasteiger partial charge in [0.2, 0.25) is 0 Å².